The molecular formula is C13H23O7S-. The summed E-state index contributed by atoms with van der Waals surface area (Å²) >= 11 is 0. The van der Waals surface area contributed by atoms with Crippen molar-refractivity contribution in [2.75, 3.05) is 13.7 Å². The topological polar surface area (TPSA) is 110 Å². The summed E-state index contributed by atoms with van der Waals surface area (Å²) in [6.45, 7) is 2.14. The van der Waals surface area contributed by atoms with Crippen molar-refractivity contribution in [1.82, 2.24) is 0 Å². The van der Waals surface area contributed by atoms with Gasteiger partial charge in [0.15, 0.2) is 5.25 Å². The lowest BCUT2D eigenvalue weighted by atomic mass is 10.1. The number of hydrogen-bond acceptors (Lipinski definition) is 7. The van der Waals surface area contributed by atoms with Crippen LogP contribution in [-0.2, 0) is 29.2 Å². The number of unbranched alkanes of at least 4 members (excludes halogenated alkanes) is 5. The maximum atomic E-state index is 11.6. The second kappa shape index (κ2) is 10.6. The molecule has 21 heavy (non-hydrogen) atoms. The fourth-order valence-electron chi connectivity index (χ4n) is 1.69. The molecule has 0 rings (SSSR count). The first kappa shape index (κ1) is 19.9. The zero-order valence-corrected chi connectivity index (χ0v) is 13.3. The van der Waals surface area contributed by atoms with Gasteiger partial charge in [0.05, 0.1) is 20.1 Å². The molecule has 0 heterocycles. The van der Waals surface area contributed by atoms with Crippen molar-refractivity contribution in [1.29, 1.82) is 0 Å². The molecule has 0 amide bonds. The zero-order valence-electron chi connectivity index (χ0n) is 12.5. The van der Waals surface area contributed by atoms with Gasteiger partial charge in [-0.3, -0.25) is 9.59 Å². The summed E-state index contributed by atoms with van der Waals surface area (Å²) in [5.74, 6) is -2.14. The molecule has 0 aliphatic carbocycles. The van der Waals surface area contributed by atoms with Gasteiger partial charge in [0, 0.05) is 0 Å². The normalized spacial score (nSPS) is 12.7. The first-order chi connectivity index (χ1) is 9.82. The Morgan fingerprint density at radius 1 is 1.10 bits per heavy atom. The Morgan fingerprint density at radius 2 is 1.67 bits per heavy atom. The Bertz CT molecular complexity index is 416. The van der Waals surface area contributed by atoms with Crippen molar-refractivity contribution in [2.24, 2.45) is 0 Å². The Hall–Kier alpha value is -1.15. The fraction of sp³-hybridized carbons (Fsp3) is 0.846. The summed E-state index contributed by atoms with van der Waals surface area (Å²) in [6.07, 6.45) is 5.03. The van der Waals surface area contributed by atoms with E-state index in [0.29, 0.717) is 6.42 Å². The number of ether oxygens (including phenoxy) is 2. The van der Waals surface area contributed by atoms with Gasteiger partial charge in [-0.1, -0.05) is 39.0 Å². The number of carbonyl (C=O) groups excluding carboxylic acids is 2. The minimum atomic E-state index is -4.95. The molecule has 0 saturated carbocycles. The number of methoxy groups -OCH3 is 1. The average Bonchev–Trinajstić information content (AvgIpc) is 2.41. The molecular weight excluding hydrogens is 300 g/mol. The van der Waals surface area contributed by atoms with E-state index in [2.05, 4.69) is 11.7 Å². The van der Waals surface area contributed by atoms with E-state index in [1.54, 1.807) is 0 Å². The van der Waals surface area contributed by atoms with Gasteiger partial charge in [0.25, 0.3) is 0 Å². The monoisotopic (exact) mass is 323 g/mol. The van der Waals surface area contributed by atoms with E-state index in [0.717, 1.165) is 39.2 Å². The predicted molar refractivity (Wildman–Crippen MR) is 74.5 cm³/mol. The summed E-state index contributed by atoms with van der Waals surface area (Å²) in [5.41, 5.74) is 0. The van der Waals surface area contributed by atoms with Gasteiger partial charge in [0.2, 0.25) is 0 Å². The highest BCUT2D eigenvalue weighted by atomic mass is 32.2. The molecule has 1 atom stereocenters. The maximum Gasteiger partial charge on any atom is 0.323 e. The highest BCUT2D eigenvalue weighted by molar-refractivity contribution is 7.87. The van der Waals surface area contributed by atoms with Crippen LogP contribution < -0.4 is 0 Å². The number of carbonyl (C=O) groups is 2. The third-order valence-corrected chi connectivity index (χ3v) is 3.99. The molecule has 0 fully saturated rings. The van der Waals surface area contributed by atoms with E-state index >= 15 is 0 Å². The van der Waals surface area contributed by atoms with E-state index in [9.17, 15) is 22.6 Å². The lowest BCUT2D eigenvalue weighted by Crippen LogP contribution is -2.34. The molecule has 124 valence electrons. The molecule has 0 aromatic carbocycles. The summed E-state index contributed by atoms with van der Waals surface area (Å²) in [4.78, 5) is 22.6. The summed E-state index contributed by atoms with van der Waals surface area (Å²) in [6, 6.07) is 0. The highest BCUT2D eigenvalue weighted by Crippen LogP contribution is 2.10. The van der Waals surface area contributed by atoms with Crippen molar-refractivity contribution in [3.63, 3.8) is 0 Å². The number of esters is 2. The molecule has 0 bridgehead atoms. The van der Waals surface area contributed by atoms with Gasteiger partial charge in [-0.05, 0) is 6.42 Å². The van der Waals surface area contributed by atoms with Crippen molar-refractivity contribution < 1.29 is 32.0 Å². The van der Waals surface area contributed by atoms with Crippen LogP contribution in [0, 0.1) is 0 Å². The standard InChI is InChI=1S/C13H24O7S/c1-3-4-5-6-7-8-9-20-13(15)11(21(16,17)18)10-12(14)19-2/h11H,3-10H2,1-2H3,(H,16,17,18)/p-1. The minimum absolute atomic E-state index is 0.0398. The largest absolute Gasteiger partial charge is 0.747 e. The molecule has 0 aliphatic heterocycles. The predicted octanol–water partition coefficient (Wildman–Crippen LogP) is 1.37. The van der Waals surface area contributed by atoms with Gasteiger partial charge < -0.3 is 14.0 Å². The third-order valence-electron chi connectivity index (χ3n) is 2.93. The summed E-state index contributed by atoms with van der Waals surface area (Å²) in [5, 5.41) is -2.04. The molecule has 1 unspecified atom stereocenters. The van der Waals surface area contributed by atoms with E-state index in [1.807, 2.05) is 0 Å². The second-order valence-electron chi connectivity index (χ2n) is 4.70. The third kappa shape index (κ3) is 9.41. The van der Waals surface area contributed by atoms with E-state index in [4.69, 9.17) is 4.74 Å². The lowest BCUT2D eigenvalue weighted by molar-refractivity contribution is -0.148. The summed E-state index contributed by atoms with van der Waals surface area (Å²) < 4.78 is 41.9. The van der Waals surface area contributed by atoms with Gasteiger partial charge in [-0.15, -0.1) is 0 Å². The van der Waals surface area contributed by atoms with Crippen LogP contribution in [0.15, 0.2) is 0 Å². The van der Waals surface area contributed by atoms with Gasteiger partial charge in [0.1, 0.15) is 10.1 Å². The fourth-order valence-corrected chi connectivity index (χ4v) is 2.33. The molecule has 0 aromatic heterocycles. The second-order valence-corrected chi connectivity index (χ2v) is 6.25. The van der Waals surface area contributed by atoms with E-state index in [-0.39, 0.29) is 6.61 Å². The van der Waals surface area contributed by atoms with Crippen LogP contribution in [0.3, 0.4) is 0 Å². The van der Waals surface area contributed by atoms with Crippen LogP contribution >= 0.6 is 0 Å². The van der Waals surface area contributed by atoms with Crippen molar-refractivity contribution >= 4 is 22.1 Å². The van der Waals surface area contributed by atoms with Crippen LogP contribution in [0.25, 0.3) is 0 Å². The number of rotatable bonds is 11. The quantitative estimate of drug-likeness (QED) is 0.321. The lowest BCUT2D eigenvalue weighted by Gasteiger charge is -2.18. The first-order valence-electron chi connectivity index (χ1n) is 7.01. The van der Waals surface area contributed by atoms with E-state index in [1.165, 1.54) is 0 Å². The molecule has 7 nitrogen and oxygen atoms in total. The molecule has 8 heteroatoms. The van der Waals surface area contributed by atoms with Gasteiger partial charge in [-0.2, -0.15) is 0 Å². The molecule has 0 aliphatic rings. The van der Waals surface area contributed by atoms with Crippen molar-refractivity contribution in [2.45, 2.75) is 57.1 Å². The van der Waals surface area contributed by atoms with Crippen LogP contribution in [0.4, 0.5) is 0 Å². The average molecular weight is 323 g/mol. The first-order valence-corrected chi connectivity index (χ1v) is 8.48. The molecule has 0 saturated heterocycles. The zero-order chi connectivity index (χ0) is 16.3. The van der Waals surface area contributed by atoms with Crippen LogP contribution in [0.2, 0.25) is 0 Å². The molecule has 0 radical (unpaired) electrons. The van der Waals surface area contributed by atoms with Crippen molar-refractivity contribution in [3.8, 4) is 0 Å². The smallest absolute Gasteiger partial charge is 0.323 e. The van der Waals surface area contributed by atoms with Crippen LogP contribution in [-0.4, -0.2) is 43.9 Å². The molecule has 0 aromatic rings. The molecule has 0 spiro atoms. The Labute approximate surface area is 125 Å². The Morgan fingerprint density at radius 3 is 2.19 bits per heavy atom. The SMILES string of the molecule is CCCCCCCCOC(=O)C(CC(=O)OC)S(=O)(=O)[O-]. The summed E-state index contributed by atoms with van der Waals surface area (Å²) in [7, 11) is -3.91. The van der Waals surface area contributed by atoms with Gasteiger partial charge >= 0.3 is 11.9 Å². The van der Waals surface area contributed by atoms with Gasteiger partial charge in [-0.25, -0.2) is 8.42 Å². The van der Waals surface area contributed by atoms with Crippen LogP contribution in [0.5, 0.6) is 0 Å². The maximum absolute atomic E-state index is 11.6. The highest BCUT2D eigenvalue weighted by Gasteiger charge is 2.30. The van der Waals surface area contributed by atoms with E-state index < -0.39 is 33.7 Å². The van der Waals surface area contributed by atoms with Crippen LogP contribution in [0.1, 0.15) is 51.9 Å². The Balaban J connectivity index is 4.16. The number of hydrogen-bond donors (Lipinski definition) is 0. The Kier molecular flexibility index (Phi) is 9.98. The molecule has 0 N–H and O–H groups in total. The minimum Gasteiger partial charge on any atom is -0.747 e. The van der Waals surface area contributed by atoms with Crippen molar-refractivity contribution in [3.05, 3.63) is 0 Å².